The quantitative estimate of drug-likeness (QED) is 0.351. The molecule has 3 heteroatoms. The number of nitrogens with zero attached hydrogens (tertiary/aromatic N) is 1. The summed E-state index contributed by atoms with van der Waals surface area (Å²) in [6.07, 6.45) is 12.6. The van der Waals surface area contributed by atoms with Gasteiger partial charge in [-0.15, -0.1) is 0 Å². The highest BCUT2D eigenvalue weighted by Gasteiger charge is 2.08. The minimum atomic E-state index is 0. The molecule has 2 aromatic heterocycles. The van der Waals surface area contributed by atoms with Gasteiger partial charge in [0.05, 0.1) is 0 Å². The molecule has 2 nitrogen and oxygen atoms in total. The number of aryl methyl sites for hydroxylation is 1. The number of benzene rings is 1. The van der Waals surface area contributed by atoms with Crippen molar-refractivity contribution >= 4 is 21.8 Å². The lowest BCUT2D eigenvalue weighted by Gasteiger charge is -1.99. The second-order valence-electron chi connectivity index (χ2n) is 5.95. The zero-order valence-electron chi connectivity index (χ0n) is 13.3. The summed E-state index contributed by atoms with van der Waals surface area (Å²) in [4.78, 5) is 3.52. The Morgan fingerprint density at radius 2 is 1.59 bits per heavy atom. The molecule has 0 radical (unpaired) electrons. The van der Waals surface area contributed by atoms with Gasteiger partial charge in [-0.25, -0.2) is 4.57 Å². The highest BCUT2D eigenvalue weighted by Crippen LogP contribution is 2.23. The van der Waals surface area contributed by atoms with E-state index >= 15 is 0 Å². The number of H-pyrrole nitrogens is 1. The number of fused-ring (bicyclic) bond motifs is 3. The highest BCUT2D eigenvalue weighted by molar-refractivity contribution is 6.06. The average molecular weight is 408 g/mol. The molecule has 0 amide bonds. The fourth-order valence-electron chi connectivity index (χ4n) is 3.06. The van der Waals surface area contributed by atoms with Crippen LogP contribution in [0.3, 0.4) is 0 Å². The molecule has 2 heterocycles. The lowest BCUT2D eigenvalue weighted by molar-refractivity contribution is -0.696. The third-order valence-electron chi connectivity index (χ3n) is 4.27. The average Bonchev–Trinajstić information content (AvgIpc) is 2.88. The summed E-state index contributed by atoms with van der Waals surface area (Å²) in [6, 6.07) is 10.8. The van der Waals surface area contributed by atoms with Gasteiger partial charge in [-0.3, -0.25) is 0 Å². The van der Waals surface area contributed by atoms with Crippen molar-refractivity contribution in [2.24, 2.45) is 0 Å². The molecular formula is C19H25IN2. The molecule has 0 saturated carbocycles. The number of hydrogen-bond acceptors (Lipinski definition) is 0. The predicted molar refractivity (Wildman–Crippen MR) is 89.4 cm³/mol. The van der Waals surface area contributed by atoms with Gasteiger partial charge in [0.1, 0.15) is 12.1 Å². The lowest BCUT2D eigenvalue weighted by atomic mass is 10.1. The van der Waals surface area contributed by atoms with Crippen molar-refractivity contribution in [3.05, 3.63) is 42.7 Å². The van der Waals surface area contributed by atoms with Crippen LogP contribution in [0, 0.1) is 0 Å². The molecule has 0 aliphatic carbocycles. The lowest BCUT2D eigenvalue weighted by Crippen LogP contribution is -3.00. The van der Waals surface area contributed by atoms with Gasteiger partial charge in [-0.2, -0.15) is 0 Å². The van der Waals surface area contributed by atoms with E-state index in [0.29, 0.717) is 0 Å². The van der Waals surface area contributed by atoms with Crippen LogP contribution in [-0.4, -0.2) is 4.98 Å². The number of para-hydroxylation sites is 1. The van der Waals surface area contributed by atoms with Crippen LogP contribution in [0.5, 0.6) is 0 Å². The normalized spacial score (nSPS) is 11.0. The molecule has 0 aliphatic heterocycles. The summed E-state index contributed by atoms with van der Waals surface area (Å²) in [5, 5.41) is 2.64. The first-order valence-electron chi connectivity index (χ1n) is 8.28. The number of halogens is 1. The maximum absolute atomic E-state index is 3.52. The number of rotatable bonds is 7. The van der Waals surface area contributed by atoms with Gasteiger partial charge < -0.3 is 29.0 Å². The van der Waals surface area contributed by atoms with Crippen LogP contribution in [0.25, 0.3) is 21.8 Å². The maximum Gasteiger partial charge on any atom is 0.193 e. The third kappa shape index (κ3) is 4.00. The van der Waals surface area contributed by atoms with E-state index in [9.17, 15) is 0 Å². The van der Waals surface area contributed by atoms with Gasteiger partial charge in [0.2, 0.25) is 0 Å². The SMILES string of the molecule is CCCCCCCC[n+]1ccc2c(c1)[nH]c1ccccc12.[I-]. The van der Waals surface area contributed by atoms with Gasteiger partial charge in [0.25, 0.3) is 0 Å². The fourth-order valence-corrected chi connectivity index (χ4v) is 3.06. The summed E-state index contributed by atoms with van der Waals surface area (Å²) in [6.45, 7) is 3.39. The molecule has 22 heavy (non-hydrogen) atoms. The number of nitrogens with one attached hydrogen (secondary N) is 1. The van der Waals surface area contributed by atoms with E-state index in [2.05, 4.69) is 59.2 Å². The number of aromatic nitrogens is 2. The number of pyridine rings is 1. The first-order valence-corrected chi connectivity index (χ1v) is 8.28. The molecule has 0 fully saturated rings. The van der Waals surface area contributed by atoms with E-state index < -0.39 is 0 Å². The number of hydrogen-bond donors (Lipinski definition) is 1. The minimum Gasteiger partial charge on any atom is -1.00 e. The van der Waals surface area contributed by atoms with Crippen LogP contribution in [0.2, 0.25) is 0 Å². The van der Waals surface area contributed by atoms with Crippen LogP contribution in [0.1, 0.15) is 45.4 Å². The molecule has 1 N–H and O–H groups in total. The second kappa shape index (κ2) is 8.51. The summed E-state index contributed by atoms with van der Waals surface area (Å²) in [5.74, 6) is 0. The van der Waals surface area contributed by atoms with E-state index in [1.54, 1.807) is 0 Å². The van der Waals surface area contributed by atoms with E-state index in [0.717, 1.165) is 6.54 Å². The summed E-state index contributed by atoms with van der Waals surface area (Å²) >= 11 is 0. The molecule has 0 spiro atoms. The monoisotopic (exact) mass is 408 g/mol. The zero-order chi connectivity index (χ0) is 14.5. The first-order chi connectivity index (χ1) is 10.4. The molecule has 1 aromatic carbocycles. The summed E-state index contributed by atoms with van der Waals surface area (Å²) in [5.41, 5.74) is 2.47. The van der Waals surface area contributed by atoms with Gasteiger partial charge >= 0.3 is 0 Å². The Balaban J connectivity index is 0.00000176. The van der Waals surface area contributed by atoms with Gasteiger partial charge in [0, 0.05) is 28.8 Å². The topological polar surface area (TPSA) is 19.7 Å². The van der Waals surface area contributed by atoms with Crippen molar-refractivity contribution in [1.29, 1.82) is 0 Å². The molecular weight excluding hydrogens is 383 g/mol. The first kappa shape index (κ1) is 17.3. The molecule has 118 valence electrons. The van der Waals surface area contributed by atoms with Crippen LogP contribution < -0.4 is 28.5 Å². The van der Waals surface area contributed by atoms with Gasteiger partial charge in [-0.05, 0) is 12.5 Å². The van der Waals surface area contributed by atoms with Gasteiger partial charge in [0.15, 0.2) is 12.4 Å². The summed E-state index contributed by atoms with van der Waals surface area (Å²) < 4.78 is 2.32. The summed E-state index contributed by atoms with van der Waals surface area (Å²) in [7, 11) is 0. The maximum atomic E-state index is 3.52. The smallest absolute Gasteiger partial charge is 0.193 e. The Morgan fingerprint density at radius 1 is 0.864 bits per heavy atom. The standard InChI is InChI=1S/C19H24N2.HI/c1-2-3-4-5-6-9-13-21-14-12-17-16-10-7-8-11-18(16)20-19(17)15-21;/h7-8,10-12,14-15H,2-6,9,13H2,1H3;1H. The third-order valence-corrected chi connectivity index (χ3v) is 4.27. The van der Waals surface area contributed by atoms with Crippen molar-refractivity contribution in [3.63, 3.8) is 0 Å². The van der Waals surface area contributed by atoms with Crippen LogP contribution in [0.15, 0.2) is 42.7 Å². The molecule has 3 aromatic rings. The van der Waals surface area contributed by atoms with Gasteiger partial charge in [-0.1, -0.05) is 50.8 Å². The molecule has 0 bridgehead atoms. The molecule has 0 saturated heterocycles. The van der Waals surface area contributed by atoms with Crippen molar-refractivity contribution in [1.82, 2.24) is 4.98 Å². The molecule has 0 atom stereocenters. The van der Waals surface area contributed by atoms with Crippen LogP contribution >= 0.6 is 0 Å². The Bertz CT molecular complexity index is 718. The predicted octanol–water partition coefficient (Wildman–Crippen LogP) is 1.97. The van der Waals surface area contributed by atoms with Crippen LogP contribution in [0.4, 0.5) is 0 Å². The zero-order valence-corrected chi connectivity index (χ0v) is 15.5. The van der Waals surface area contributed by atoms with E-state index in [1.807, 2.05) is 0 Å². The van der Waals surface area contributed by atoms with Crippen LogP contribution in [-0.2, 0) is 6.54 Å². The second-order valence-corrected chi connectivity index (χ2v) is 5.95. The Hall–Kier alpha value is -1.10. The highest BCUT2D eigenvalue weighted by atomic mass is 127. The Labute approximate surface area is 149 Å². The molecule has 0 unspecified atom stereocenters. The van der Waals surface area contributed by atoms with Crippen molar-refractivity contribution < 1.29 is 28.5 Å². The number of aromatic amines is 1. The molecule has 0 aliphatic rings. The van der Waals surface area contributed by atoms with Crippen molar-refractivity contribution in [2.45, 2.75) is 52.0 Å². The largest absolute Gasteiger partial charge is 1.00 e. The fraction of sp³-hybridized carbons (Fsp3) is 0.421. The van der Waals surface area contributed by atoms with E-state index in [-0.39, 0.29) is 24.0 Å². The molecule has 3 rings (SSSR count). The van der Waals surface area contributed by atoms with E-state index in [4.69, 9.17) is 0 Å². The van der Waals surface area contributed by atoms with Crippen molar-refractivity contribution in [2.75, 3.05) is 0 Å². The minimum absolute atomic E-state index is 0. The number of unbranched alkanes of at least 4 members (excludes halogenated alkanes) is 5. The van der Waals surface area contributed by atoms with E-state index in [1.165, 1.54) is 60.3 Å². The van der Waals surface area contributed by atoms with Crippen molar-refractivity contribution in [3.8, 4) is 0 Å². The Morgan fingerprint density at radius 3 is 2.45 bits per heavy atom. The Kier molecular flexibility index (Phi) is 6.68.